The summed E-state index contributed by atoms with van der Waals surface area (Å²) >= 11 is 0. The van der Waals surface area contributed by atoms with Gasteiger partial charge >= 0.3 is 5.69 Å². The molecule has 0 saturated carbocycles. The fourth-order valence-electron chi connectivity index (χ4n) is 2.17. The van der Waals surface area contributed by atoms with Crippen molar-refractivity contribution >= 4 is 5.69 Å². The lowest BCUT2D eigenvalue weighted by Crippen LogP contribution is -2.06. The van der Waals surface area contributed by atoms with E-state index in [9.17, 15) is 15.2 Å². The molecule has 112 valence electrons. The number of aliphatic hydroxyl groups is 1. The van der Waals surface area contributed by atoms with E-state index in [1.165, 1.54) is 13.2 Å². The highest BCUT2D eigenvalue weighted by atomic mass is 16.6. The molecule has 0 amide bonds. The smallest absolute Gasteiger partial charge is 0.311 e. The van der Waals surface area contributed by atoms with Crippen molar-refractivity contribution in [3.05, 3.63) is 34.1 Å². The molecule has 0 bridgehead atoms. The summed E-state index contributed by atoms with van der Waals surface area (Å²) in [5.41, 5.74) is 0.346. The summed E-state index contributed by atoms with van der Waals surface area (Å²) in [5, 5.41) is 28.3. The van der Waals surface area contributed by atoms with E-state index in [1.807, 2.05) is 6.92 Å². The maximum absolute atomic E-state index is 11.1. The summed E-state index contributed by atoms with van der Waals surface area (Å²) in [6, 6.07) is 4.62. The molecule has 2 rings (SSSR count). The molecule has 0 fully saturated rings. The van der Waals surface area contributed by atoms with Gasteiger partial charge in [-0.25, -0.2) is 0 Å². The quantitative estimate of drug-likeness (QED) is 0.642. The van der Waals surface area contributed by atoms with Crippen molar-refractivity contribution in [2.75, 3.05) is 7.11 Å². The molecule has 2 aromatic rings. The van der Waals surface area contributed by atoms with E-state index in [2.05, 4.69) is 10.2 Å². The number of para-hydroxylation sites is 1. The molecule has 0 unspecified atom stereocenters. The van der Waals surface area contributed by atoms with Crippen molar-refractivity contribution in [3.63, 3.8) is 0 Å². The molecule has 1 heterocycles. The van der Waals surface area contributed by atoms with Gasteiger partial charge in [0.25, 0.3) is 0 Å². The van der Waals surface area contributed by atoms with Gasteiger partial charge in [0.05, 0.1) is 17.6 Å². The highest BCUT2D eigenvalue weighted by Gasteiger charge is 2.23. The van der Waals surface area contributed by atoms with E-state index < -0.39 is 4.92 Å². The van der Waals surface area contributed by atoms with Crippen LogP contribution in [0.25, 0.3) is 11.4 Å². The normalized spacial score (nSPS) is 10.6. The largest absolute Gasteiger partial charge is 0.490 e. The van der Waals surface area contributed by atoms with Crippen LogP contribution in [-0.4, -0.2) is 31.9 Å². The van der Waals surface area contributed by atoms with Crippen LogP contribution < -0.4 is 4.74 Å². The molecule has 0 aliphatic rings. The number of hydrogen-bond donors (Lipinski definition) is 1. The lowest BCUT2D eigenvalue weighted by molar-refractivity contribution is -0.385. The second-order valence-corrected chi connectivity index (χ2v) is 4.36. The average molecular weight is 292 g/mol. The lowest BCUT2D eigenvalue weighted by atomic mass is 10.1. The molecule has 8 nitrogen and oxygen atoms in total. The number of aromatic nitrogens is 3. The van der Waals surface area contributed by atoms with E-state index in [0.29, 0.717) is 23.8 Å². The van der Waals surface area contributed by atoms with Gasteiger partial charge in [0.15, 0.2) is 11.6 Å². The maximum Gasteiger partial charge on any atom is 0.311 e. The van der Waals surface area contributed by atoms with Crippen molar-refractivity contribution in [1.82, 2.24) is 14.8 Å². The Morgan fingerprint density at radius 1 is 1.43 bits per heavy atom. The van der Waals surface area contributed by atoms with E-state index in [4.69, 9.17) is 4.74 Å². The SMILES string of the molecule is CCCn1c(CO)nnc1-c1cccc([N+](=O)[O-])c1OC. The first-order valence-electron chi connectivity index (χ1n) is 6.48. The molecule has 0 aliphatic carbocycles. The number of benzene rings is 1. The van der Waals surface area contributed by atoms with Gasteiger partial charge in [-0.05, 0) is 12.5 Å². The number of nitrogens with zero attached hydrogens (tertiary/aromatic N) is 4. The topological polar surface area (TPSA) is 103 Å². The first kappa shape index (κ1) is 14.9. The summed E-state index contributed by atoms with van der Waals surface area (Å²) < 4.78 is 6.92. The van der Waals surface area contributed by atoms with E-state index >= 15 is 0 Å². The summed E-state index contributed by atoms with van der Waals surface area (Å²) in [7, 11) is 1.37. The Balaban J connectivity index is 2.64. The Kier molecular flexibility index (Phi) is 4.49. The third-order valence-corrected chi connectivity index (χ3v) is 3.05. The van der Waals surface area contributed by atoms with Gasteiger partial charge in [0.2, 0.25) is 5.75 Å². The Morgan fingerprint density at radius 3 is 2.76 bits per heavy atom. The molecule has 0 spiro atoms. The van der Waals surface area contributed by atoms with Crippen LogP contribution in [0.3, 0.4) is 0 Å². The van der Waals surface area contributed by atoms with Crippen LogP contribution in [0.4, 0.5) is 5.69 Å². The number of hydrogen-bond acceptors (Lipinski definition) is 6. The molecule has 0 atom stereocenters. The second-order valence-electron chi connectivity index (χ2n) is 4.36. The van der Waals surface area contributed by atoms with E-state index in [-0.39, 0.29) is 18.0 Å². The number of methoxy groups -OCH3 is 1. The minimum Gasteiger partial charge on any atom is -0.490 e. The predicted octanol–water partition coefficient (Wildman–Crippen LogP) is 1.76. The molecule has 0 radical (unpaired) electrons. The summed E-state index contributed by atoms with van der Waals surface area (Å²) in [6.07, 6.45) is 0.815. The van der Waals surface area contributed by atoms with Gasteiger partial charge in [-0.15, -0.1) is 10.2 Å². The highest BCUT2D eigenvalue weighted by molar-refractivity contribution is 5.71. The van der Waals surface area contributed by atoms with E-state index in [0.717, 1.165) is 6.42 Å². The van der Waals surface area contributed by atoms with Gasteiger partial charge in [0.1, 0.15) is 6.61 Å². The van der Waals surface area contributed by atoms with Crippen LogP contribution in [-0.2, 0) is 13.2 Å². The first-order chi connectivity index (χ1) is 10.1. The second kappa shape index (κ2) is 6.31. The van der Waals surface area contributed by atoms with Crippen molar-refractivity contribution in [3.8, 4) is 17.1 Å². The Labute approximate surface area is 121 Å². The summed E-state index contributed by atoms with van der Waals surface area (Å²) in [4.78, 5) is 10.6. The van der Waals surface area contributed by atoms with Gasteiger partial charge < -0.3 is 14.4 Å². The average Bonchev–Trinajstić information content (AvgIpc) is 2.89. The fraction of sp³-hybridized carbons (Fsp3) is 0.385. The van der Waals surface area contributed by atoms with Gasteiger partial charge in [-0.3, -0.25) is 10.1 Å². The fourth-order valence-corrected chi connectivity index (χ4v) is 2.17. The first-order valence-corrected chi connectivity index (χ1v) is 6.48. The van der Waals surface area contributed by atoms with Gasteiger partial charge in [0, 0.05) is 12.6 Å². The molecular weight excluding hydrogens is 276 g/mol. The summed E-state index contributed by atoms with van der Waals surface area (Å²) in [6.45, 7) is 2.34. The maximum atomic E-state index is 11.1. The number of rotatable bonds is 6. The molecule has 1 N–H and O–H groups in total. The van der Waals surface area contributed by atoms with Gasteiger partial charge in [-0.2, -0.15) is 0 Å². The van der Waals surface area contributed by atoms with Gasteiger partial charge in [-0.1, -0.05) is 13.0 Å². The Morgan fingerprint density at radius 2 is 2.19 bits per heavy atom. The molecule has 1 aromatic heterocycles. The zero-order valence-electron chi connectivity index (χ0n) is 11.8. The molecule has 8 heteroatoms. The van der Waals surface area contributed by atoms with Crippen LogP contribution >= 0.6 is 0 Å². The molecular formula is C13H16N4O4. The minimum atomic E-state index is -0.504. The van der Waals surface area contributed by atoms with Crippen molar-refractivity contribution in [2.45, 2.75) is 26.5 Å². The molecule has 1 aromatic carbocycles. The van der Waals surface area contributed by atoms with Crippen LogP contribution in [0.2, 0.25) is 0 Å². The number of nitro groups is 1. The number of nitro benzene ring substituents is 1. The minimum absolute atomic E-state index is 0.133. The van der Waals surface area contributed by atoms with Crippen molar-refractivity contribution in [1.29, 1.82) is 0 Å². The monoisotopic (exact) mass is 292 g/mol. The summed E-state index contributed by atoms with van der Waals surface area (Å²) in [5.74, 6) is 0.999. The van der Waals surface area contributed by atoms with E-state index in [1.54, 1.807) is 16.7 Å². The Hall–Kier alpha value is -2.48. The number of aliphatic hydroxyl groups excluding tert-OH is 1. The van der Waals surface area contributed by atoms with Crippen LogP contribution in [0.5, 0.6) is 5.75 Å². The van der Waals surface area contributed by atoms with Crippen LogP contribution in [0, 0.1) is 10.1 Å². The highest BCUT2D eigenvalue weighted by Crippen LogP contribution is 2.37. The van der Waals surface area contributed by atoms with Crippen LogP contribution in [0.15, 0.2) is 18.2 Å². The molecule has 21 heavy (non-hydrogen) atoms. The third kappa shape index (κ3) is 2.70. The standard InChI is InChI=1S/C13H16N4O4/c1-3-7-16-11(8-18)14-15-13(16)9-5-4-6-10(17(19)20)12(9)21-2/h4-6,18H,3,7-8H2,1-2H3. The predicted molar refractivity (Wildman–Crippen MR) is 74.9 cm³/mol. The molecule has 0 saturated heterocycles. The van der Waals surface area contributed by atoms with Crippen LogP contribution in [0.1, 0.15) is 19.2 Å². The van der Waals surface area contributed by atoms with Crippen molar-refractivity contribution < 1.29 is 14.8 Å². The molecule has 0 aliphatic heterocycles. The number of ether oxygens (including phenoxy) is 1. The van der Waals surface area contributed by atoms with Crippen molar-refractivity contribution in [2.24, 2.45) is 0 Å². The Bertz CT molecular complexity index is 654. The zero-order chi connectivity index (χ0) is 15.4. The zero-order valence-corrected chi connectivity index (χ0v) is 11.8. The lowest BCUT2D eigenvalue weighted by Gasteiger charge is -2.11. The third-order valence-electron chi connectivity index (χ3n) is 3.05.